The zero-order chi connectivity index (χ0) is 32.5. The Bertz CT molecular complexity index is 1700. The third-order valence-electron chi connectivity index (χ3n) is 8.69. The highest BCUT2D eigenvalue weighted by atomic mass is 32.2. The molecule has 0 aliphatic heterocycles. The van der Waals surface area contributed by atoms with Gasteiger partial charge in [0.2, 0.25) is 11.8 Å². The molecule has 0 saturated heterocycles. The first-order chi connectivity index (χ1) is 22.2. The van der Waals surface area contributed by atoms with Gasteiger partial charge in [-0.05, 0) is 61.6 Å². The van der Waals surface area contributed by atoms with Crippen LogP contribution in [0.15, 0.2) is 114 Å². The van der Waals surface area contributed by atoms with Crippen LogP contribution in [0.2, 0.25) is 0 Å². The van der Waals surface area contributed by atoms with Crippen LogP contribution in [-0.4, -0.2) is 43.8 Å². The molecule has 1 atom stereocenters. The molecule has 1 aliphatic carbocycles. The van der Waals surface area contributed by atoms with E-state index >= 15 is 0 Å². The fourth-order valence-electron chi connectivity index (χ4n) is 6.06. The monoisotopic (exact) mass is 637 g/mol. The predicted octanol–water partition coefficient (Wildman–Crippen LogP) is 6.59. The molecule has 1 N–H and O–H groups in total. The van der Waals surface area contributed by atoms with Crippen LogP contribution in [0.4, 0.5) is 5.69 Å². The van der Waals surface area contributed by atoms with Crippen molar-refractivity contribution in [2.75, 3.05) is 10.8 Å². The minimum Gasteiger partial charge on any atom is -0.352 e. The summed E-state index contributed by atoms with van der Waals surface area (Å²) in [5.74, 6) is -0.673. The number of carbonyl (C=O) groups is 2. The molecule has 2 amide bonds. The number of nitrogens with one attached hydrogen (secondary N) is 1. The number of nitrogens with zero attached hydrogens (tertiary/aromatic N) is 2. The first-order valence-electron chi connectivity index (χ1n) is 16.0. The van der Waals surface area contributed by atoms with E-state index in [0.717, 1.165) is 54.4 Å². The number of amides is 2. The van der Waals surface area contributed by atoms with Crippen LogP contribution >= 0.6 is 0 Å². The second kappa shape index (κ2) is 15.2. The largest absolute Gasteiger partial charge is 0.352 e. The van der Waals surface area contributed by atoms with E-state index in [9.17, 15) is 18.0 Å². The second-order valence-corrected chi connectivity index (χ2v) is 14.0. The van der Waals surface area contributed by atoms with E-state index in [1.807, 2.05) is 80.6 Å². The van der Waals surface area contributed by atoms with E-state index in [4.69, 9.17) is 0 Å². The van der Waals surface area contributed by atoms with Crippen LogP contribution in [-0.2, 0) is 32.6 Å². The van der Waals surface area contributed by atoms with E-state index < -0.39 is 28.5 Å². The number of anilines is 1. The lowest BCUT2D eigenvalue weighted by molar-refractivity contribution is -0.140. The van der Waals surface area contributed by atoms with Crippen molar-refractivity contribution >= 4 is 27.5 Å². The predicted molar refractivity (Wildman–Crippen MR) is 183 cm³/mol. The van der Waals surface area contributed by atoms with Crippen LogP contribution in [0.5, 0.6) is 0 Å². The van der Waals surface area contributed by atoms with Gasteiger partial charge in [0.15, 0.2) is 0 Å². The van der Waals surface area contributed by atoms with E-state index in [1.54, 1.807) is 35.2 Å². The molecule has 240 valence electrons. The molecule has 1 saturated carbocycles. The van der Waals surface area contributed by atoms with Crippen molar-refractivity contribution in [1.82, 2.24) is 10.2 Å². The van der Waals surface area contributed by atoms with E-state index in [0.29, 0.717) is 12.1 Å². The molecule has 4 aromatic carbocycles. The van der Waals surface area contributed by atoms with Crippen LogP contribution in [0.1, 0.15) is 54.4 Å². The third kappa shape index (κ3) is 8.23. The average molecular weight is 638 g/mol. The lowest BCUT2D eigenvalue weighted by atomic mass is 9.94. The maximum atomic E-state index is 14.7. The molecule has 0 unspecified atom stereocenters. The summed E-state index contributed by atoms with van der Waals surface area (Å²) in [5, 5.41) is 3.25. The van der Waals surface area contributed by atoms with E-state index in [1.165, 1.54) is 16.4 Å². The van der Waals surface area contributed by atoms with Gasteiger partial charge in [0.05, 0.1) is 10.6 Å². The Morgan fingerprint density at radius 3 is 2.02 bits per heavy atom. The minimum atomic E-state index is -4.13. The van der Waals surface area contributed by atoms with Gasteiger partial charge < -0.3 is 10.2 Å². The summed E-state index contributed by atoms with van der Waals surface area (Å²) in [6, 6.07) is 32.0. The standard InChI is InChI=1S/C38H43N3O4S/c1-29-22-24-32(25-23-29)27-40(36(26-31-15-6-3-7-16-31)38(43)39-33-17-8-4-9-18-33)37(42)28-41(35-21-13-12-14-30(35)2)46(44,45)34-19-10-5-11-20-34/h3,5-7,10-16,19-25,33,36H,4,8-9,17-18,26-28H2,1-2H3,(H,39,43)/t36-/m0/s1. The summed E-state index contributed by atoms with van der Waals surface area (Å²) in [6.45, 7) is 3.52. The Hall–Kier alpha value is -4.43. The molecule has 0 aromatic heterocycles. The molecule has 4 aromatic rings. The molecule has 0 heterocycles. The number of rotatable bonds is 12. The number of aryl methyl sites for hydroxylation is 2. The van der Waals surface area contributed by atoms with Crippen molar-refractivity contribution in [1.29, 1.82) is 0 Å². The Kier molecular flexibility index (Phi) is 10.9. The first kappa shape index (κ1) is 32.9. The molecule has 7 nitrogen and oxygen atoms in total. The Morgan fingerprint density at radius 2 is 1.37 bits per heavy atom. The number of benzene rings is 4. The average Bonchev–Trinajstić information content (AvgIpc) is 3.07. The van der Waals surface area contributed by atoms with Crippen LogP contribution < -0.4 is 9.62 Å². The van der Waals surface area contributed by atoms with Gasteiger partial charge in [-0.2, -0.15) is 0 Å². The summed E-state index contributed by atoms with van der Waals surface area (Å²) in [7, 11) is -4.13. The summed E-state index contributed by atoms with van der Waals surface area (Å²) in [6.07, 6.45) is 5.39. The van der Waals surface area contributed by atoms with Gasteiger partial charge in [-0.1, -0.05) is 116 Å². The summed E-state index contributed by atoms with van der Waals surface area (Å²) in [4.78, 5) is 30.5. The first-order valence-corrected chi connectivity index (χ1v) is 17.5. The van der Waals surface area contributed by atoms with Crippen LogP contribution in [0, 0.1) is 13.8 Å². The van der Waals surface area contributed by atoms with Gasteiger partial charge in [-0.3, -0.25) is 13.9 Å². The normalized spacial score (nSPS) is 14.3. The zero-order valence-corrected chi connectivity index (χ0v) is 27.5. The molecule has 0 bridgehead atoms. The topological polar surface area (TPSA) is 86.8 Å². The highest BCUT2D eigenvalue weighted by molar-refractivity contribution is 7.92. The van der Waals surface area contributed by atoms with Gasteiger partial charge in [0.25, 0.3) is 10.0 Å². The summed E-state index contributed by atoms with van der Waals surface area (Å²) >= 11 is 0. The van der Waals surface area contributed by atoms with Gasteiger partial charge in [0, 0.05) is 19.0 Å². The van der Waals surface area contributed by atoms with E-state index in [2.05, 4.69) is 5.32 Å². The van der Waals surface area contributed by atoms with Gasteiger partial charge in [0.1, 0.15) is 12.6 Å². The zero-order valence-electron chi connectivity index (χ0n) is 26.6. The van der Waals surface area contributed by atoms with Gasteiger partial charge in [-0.15, -0.1) is 0 Å². The molecule has 1 aliphatic rings. The number of hydrogen-bond acceptors (Lipinski definition) is 4. The fraction of sp³-hybridized carbons (Fsp3) is 0.316. The Morgan fingerprint density at radius 1 is 0.761 bits per heavy atom. The van der Waals surface area contributed by atoms with Crippen LogP contribution in [0.25, 0.3) is 0 Å². The molecule has 5 rings (SSSR count). The Balaban J connectivity index is 1.56. The molecular formula is C38H43N3O4S. The van der Waals surface area contributed by atoms with Gasteiger partial charge in [-0.25, -0.2) is 8.42 Å². The van der Waals surface area contributed by atoms with E-state index in [-0.39, 0.29) is 23.4 Å². The maximum Gasteiger partial charge on any atom is 0.264 e. The number of hydrogen-bond donors (Lipinski definition) is 1. The summed E-state index contributed by atoms with van der Waals surface area (Å²) < 4.78 is 29.5. The third-order valence-corrected chi connectivity index (χ3v) is 10.5. The van der Waals surface area contributed by atoms with Crippen molar-refractivity contribution in [3.05, 3.63) is 131 Å². The highest BCUT2D eigenvalue weighted by Crippen LogP contribution is 2.28. The number of para-hydroxylation sites is 1. The van der Waals surface area contributed by atoms with Crippen molar-refractivity contribution < 1.29 is 18.0 Å². The SMILES string of the molecule is Cc1ccc(CN(C(=O)CN(c2ccccc2C)S(=O)(=O)c2ccccc2)[C@@H](Cc2ccccc2)C(=O)NC2CCCCC2)cc1. The molecule has 8 heteroatoms. The lowest BCUT2D eigenvalue weighted by Crippen LogP contribution is -2.55. The minimum absolute atomic E-state index is 0.0535. The molecule has 46 heavy (non-hydrogen) atoms. The second-order valence-electron chi connectivity index (χ2n) is 12.2. The lowest BCUT2D eigenvalue weighted by Gasteiger charge is -2.35. The molecule has 0 spiro atoms. The number of carbonyl (C=O) groups excluding carboxylic acids is 2. The Labute approximate surface area is 273 Å². The van der Waals surface area contributed by atoms with Crippen molar-refractivity contribution in [3.8, 4) is 0 Å². The summed E-state index contributed by atoms with van der Waals surface area (Å²) in [5.41, 5.74) is 3.99. The van der Waals surface area contributed by atoms with Crippen molar-refractivity contribution in [3.63, 3.8) is 0 Å². The highest BCUT2D eigenvalue weighted by Gasteiger charge is 2.35. The smallest absolute Gasteiger partial charge is 0.264 e. The quantitative estimate of drug-likeness (QED) is 0.190. The molecular weight excluding hydrogens is 595 g/mol. The van der Waals surface area contributed by atoms with Crippen LogP contribution in [0.3, 0.4) is 0 Å². The molecule has 0 radical (unpaired) electrons. The maximum absolute atomic E-state index is 14.7. The van der Waals surface area contributed by atoms with Crippen molar-refractivity contribution in [2.24, 2.45) is 0 Å². The number of sulfonamides is 1. The van der Waals surface area contributed by atoms with Crippen molar-refractivity contribution in [2.45, 2.75) is 75.9 Å². The molecule has 1 fully saturated rings. The van der Waals surface area contributed by atoms with Gasteiger partial charge >= 0.3 is 0 Å². The fourth-order valence-corrected chi connectivity index (χ4v) is 7.56.